The highest BCUT2D eigenvalue weighted by Crippen LogP contribution is 2.18. The van der Waals surface area contributed by atoms with Crippen LogP contribution in [0, 0.1) is 0 Å². The molecular formula is C18H19N3O3S. The molecule has 1 unspecified atom stereocenters. The van der Waals surface area contributed by atoms with Gasteiger partial charge in [0.25, 0.3) is 0 Å². The topological polar surface area (TPSA) is 76.7 Å². The van der Waals surface area contributed by atoms with Gasteiger partial charge in [-0.05, 0) is 36.4 Å². The van der Waals surface area contributed by atoms with Gasteiger partial charge in [0.2, 0.25) is 0 Å². The van der Waals surface area contributed by atoms with E-state index >= 15 is 0 Å². The monoisotopic (exact) mass is 357 g/mol. The Morgan fingerprint density at radius 2 is 2.04 bits per heavy atom. The lowest BCUT2D eigenvalue weighted by Crippen LogP contribution is -2.20. The number of ether oxygens (including phenoxy) is 1. The first-order valence-corrected chi connectivity index (χ1v) is 9.02. The van der Waals surface area contributed by atoms with Gasteiger partial charge in [0.15, 0.2) is 16.6 Å². The molecule has 0 spiro atoms. The van der Waals surface area contributed by atoms with Gasteiger partial charge in [-0.15, -0.1) is 10.2 Å². The van der Waals surface area contributed by atoms with Gasteiger partial charge in [-0.2, -0.15) is 0 Å². The SMILES string of the molecule is CCC(=O)c1ccc(OCC(O)CSc2nnc3ccccn23)cc1. The Balaban J connectivity index is 1.49. The fraction of sp³-hybridized carbons (Fsp3) is 0.278. The second kappa shape index (κ2) is 8.13. The van der Waals surface area contributed by atoms with E-state index in [2.05, 4.69) is 10.2 Å². The molecule has 0 bridgehead atoms. The van der Waals surface area contributed by atoms with Crippen molar-refractivity contribution in [3.05, 3.63) is 54.2 Å². The molecule has 1 N–H and O–H groups in total. The van der Waals surface area contributed by atoms with E-state index < -0.39 is 6.10 Å². The molecule has 1 atom stereocenters. The van der Waals surface area contributed by atoms with E-state index in [9.17, 15) is 9.90 Å². The zero-order valence-electron chi connectivity index (χ0n) is 13.8. The summed E-state index contributed by atoms with van der Waals surface area (Å²) in [6.07, 6.45) is 1.73. The summed E-state index contributed by atoms with van der Waals surface area (Å²) in [6, 6.07) is 12.7. The quantitative estimate of drug-likeness (QED) is 0.493. The van der Waals surface area contributed by atoms with Crippen molar-refractivity contribution < 1.29 is 14.6 Å². The molecule has 3 aromatic rings. The van der Waals surface area contributed by atoms with Crippen LogP contribution in [0.1, 0.15) is 23.7 Å². The van der Waals surface area contributed by atoms with Crippen LogP contribution in [0.4, 0.5) is 0 Å². The molecular weight excluding hydrogens is 338 g/mol. The molecule has 1 aromatic carbocycles. The molecule has 7 heteroatoms. The number of benzene rings is 1. The van der Waals surface area contributed by atoms with Gasteiger partial charge in [-0.1, -0.05) is 24.8 Å². The van der Waals surface area contributed by atoms with E-state index in [1.165, 1.54) is 11.8 Å². The predicted octanol–water partition coefficient (Wildman–Crippen LogP) is 2.85. The van der Waals surface area contributed by atoms with Crippen molar-refractivity contribution in [2.45, 2.75) is 24.6 Å². The Kier molecular flexibility index (Phi) is 5.67. The van der Waals surface area contributed by atoms with Crippen molar-refractivity contribution in [1.82, 2.24) is 14.6 Å². The largest absolute Gasteiger partial charge is 0.491 e. The fourth-order valence-corrected chi connectivity index (χ4v) is 3.10. The van der Waals surface area contributed by atoms with Crippen LogP contribution in [-0.2, 0) is 0 Å². The normalized spacial score (nSPS) is 12.2. The van der Waals surface area contributed by atoms with Crippen LogP contribution in [0.3, 0.4) is 0 Å². The van der Waals surface area contributed by atoms with Crippen molar-refractivity contribution in [3.63, 3.8) is 0 Å². The number of Topliss-reactive ketones (excluding diaryl/α,β-unsaturated/α-hetero) is 1. The van der Waals surface area contributed by atoms with E-state index in [0.29, 0.717) is 23.5 Å². The summed E-state index contributed by atoms with van der Waals surface area (Å²) in [6.45, 7) is 2.00. The Bertz CT molecular complexity index is 848. The number of carbonyl (C=O) groups is 1. The van der Waals surface area contributed by atoms with Gasteiger partial charge in [-0.25, -0.2) is 0 Å². The number of aliphatic hydroxyl groups is 1. The minimum atomic E-state index is -0.641. The molecule has 2 aromatic heterocycles. The number of aliphatic hydroxyl groups excluding tert-OH is 1. The standard InChI is InChI=1S/C18H19N3O3S/c1-2-16(23)13-6-8-15(9-7-13)24-11-14(22)12-25-18-20-19-17-5-3-4-10-21(17)18/h3-10,14,22H,2,11-12H2,1H3. The van der Waals surface area contributed by atoms with Crippen LogP contribution in [0.2, 0.25) is 0 Å². The lowest BCUT2D eigenvalue weighted by atomic mass is 10.1. The van der Waals surface area contributed by atoms with E-state index in [1.807, 2.05) is 35.7 Å². The maximum absolute atomic E-state index is 11.6. The molecule has 0 aliphatic heterocycles. The van der Waals surface area contributed by atoms with Gasteiger partial charge in [0, 0.05) is 23.9 Å². The molecule has 130 valence electrons. The smallest absolute Gasteiger partial charge is 0.195 e. The third kappa shape index (κ3) is 4.37. The molecule has 0 aliphatic rings. The summed E-state index contributed by atoms with van der Waals surface area (Å²) in [4.78, 5) is 11.6. The van der Waals surface area contributed by atoms with Crippen LogP contribution in [0.15, 0.2) is 53.8 Å². The number of ketones is 1. The maximum Gasteiger partial charge on any atom is 0.195 e. The second-order valence-corrected chi connectivity index (χ2v) is 6.48. The van der Waals surface area contributed by atoms with Crippen molar-refractivity contribution in [3.8, 4) is 5.75 Å². The van der Waals surface area contributed by atoms with Crippen molar-refractivity contribution in [2.75, 3.05) is 12.4 Å². The zero-order chi connectivity index (χ0) is 17.6. The average Bonchev–Trinajstić information content (AvgIpc) is 3.07. The molecule has 2 heterocycles. The van der Waals surface area contributed by atoms with E-state index in [1.54, 1.807) is 24.3 Å². The Labute approximate surface area is 149 Å². The molecule has 0 aliphatic carbocycles. The first kappa shape index (κ1) is 17.4. The van der Waals surface area contributed by atoms with Gasteiger partial charge in [0.1, 0.15) is 12.4 Å². The summed E-state index contributed by atoms with van der Waals surface area (Å²) in [7, 11) is 0. The number of rotatable bonds is 8. The number of aromatic nitrogens is 3. The highest BCUT2D eigenvalue weighted by Gasteiger charge is 2.11. The number of nitrogens with zero attached hydrogens (tertiary/aromatic N) is 3. The number of thioether (sulfide) groups is 1. The number of fused-ring (bicyclic) bond motifs is 1. The summed E-state index contributed by atoms with van der Waals surface area (Å²) in [5, 5.41) is 19.0. The third-order valence-corrected chi connectivity index (χ3v) is 4.72. The minimum Gasteiger partial charge on any atom is -0.491 e. The highest BCUT2D eigenvalue weighted by molar-refractivity contribution is 7.99. The Morgan fingerprint density at radius 1 is 1.24 bits per heavy atom. The summed E-state index contributed by atoms with van der Waals surface area (Å²) in [5.41, 5.74) is 1.45. The van der Waals surface area contributed by atoms with Crippen molar-refractivity contribution in [1.29, 1.82) is 0 Å². The van der Waals surface area contributed by atoms with Crippen LogP contribution >= 0.6 is 11.8 Å². The van der Waals surface area contributed by atoms with E-state index in [0.717, 1.165) is 10.8 Å². The van der Waals surface area contributed by atoms with E-state index in [4.69, 9.17) is 4.74 Å². The molecule has 0 fully saturated rings. The number of hydrogen-bond acceptors (Lipinski definition) is 6. The minimum absolute atomic E-state index is 0.100. The first-order valence-electron chi connectivity index (χ1n) is 8.04. The fourth-order valence-electron chi connectivity index (χ4n) is 2.27. The number of hydrogen-bond donors (Lipinski definition) is 1. The summed E-state index contributed by atoms with van der Waals surface area (Å²) >= 11 is 1.42. The van der Waals surface area contributed by atoms with Crippen molar-refractivity contribution in [2.24, 2.45) is 0 Å². The molecule has 0 amide bonds. The lowest BCUT2D eigenvalue weighted by Gasteiger charge is -2.12. The Morgan fingerprint density at radius 3 is 2.80 bits per heavy atom. The summed E-state index contributed by atoms with van der Waals surface area (Å²) < 4.78 is 7.45. The molecule has 25 heavy (non-hydrogen) atoms. The molecule has 6 nitrogen and oxygen atoms in total. The average molecular weight is 357 g/mol. The van der Waals surface area contributed by atoms with Gasteiger partial charge >= 0.3 is 0 Å². The molecule has 0 saturated heterocycles. The Hall–Kier alpha value is -2.38. The molecule has 0 saturated carbocycles. The van der Waals surface area contributed by atoms with Gasteiger partial charge in [0.05, 0.1) is 6.10 Å². The zero-order valence-corrected chi connectivity index (χ0v) is 14.6. The second-order valence-electron chi connectivity index (χ2n) is 5.49. The van der Waals surface area contributed by atoms with E-state index in [-0.39, 0.29) is 12.4 Å². The molecule has 3 rings (SSSR count). The lowest BCUT2D eigenvalue weighted by molar-refractivity contribution is 0.0987. The van der Waals surface area contributed by atoms with Crippen molar-refractivity contribution >= 4 is 23.2 Å². The van der Waals surface area contributed by atoms with Crippen LogP contribution in [-0.4, -0.2) is 44.0 Å². The maximum atomic E-state index is 11.6. The molecule has 0 radical (unpaired) electrons. The summed E-state index contributed by atoms with van der Waals surface area (Å²) in [5.74, 6) is 1.18. The van der Waals surface area contributed by atoms with Crippen LogP contribution < -0.4 is 4.74 Å². The van der Waals surface area contributed by atoms with Crippen LogP contribution in [0.25, 0.3) is 5.65 Å². The van der Waals surface area contributed by atoms with Gasteiger partial charge in [-0.3, -0.25) is 9.20 Å². The van der Waals surface area contributed by atoms with Crippen LogP contribution in [0.5, 0.6) is 5.75 Å². The number of pyridine rings is 1. The highest BCUT2D eigenvalue weighted by atomic mass is 32.2. The van der Waals surface area contributed by atoms with Gasteiger partial charge < -0.3 is 9.84 Å². The third-order valence-electron chi connectivity index (χ3n) is 3.63. The number of carbonyl (C=O) groups excluding carboxylic acids is 1. The predicted molar refractivity (Wildman–Crippen MR) is 96.3 cm³/mol. The first-order chi connectivity index (χ1) is 12.2.